The quantitative estimate of drug-likeness (QED) is 0.427. The van der Waals surface area contributed by atoms with Crippen LogP contribution in [0.25, 0.3) is 0 Å². The number of aryl methyl sites for hydroxylation is 1. The lowest BCUT2D eigenvalue weighted by Gasteiger charge is -2.16. The predicted octanol–water partition coefficient (Wildman–Crippen LogP) is 2.91. The molecule has 7 nitrogen and oxygen atoms in total. The Bertz CT molecular complexity index is 736. The van der Waals surface area contributed by atoms with E-state index in [4.69, 9.17) is 4.74 Å². The topological polar surface area (TPSA) is 90.4 Å². The molecule has 25 heavy (non-hydrogen) atoms. The number of esters is 1. The summed E-state index contributed by atoms with van der Waals surface area (Å²) < 4.78 is 10.9. The number of ether oxygens (including phenoxy) is 2. The van der Waals surface area contributed by atoms with Crippen molar-refractivity contribution in [2.45, 2.75) is 30.7 Å². The minimum Gasteiger partial charge on any atom is -0.481 e. The van der Waals surface area contributed by atoms with Gasteiger partial charge in [0.2, 0.25) is 5.13 Å². The number of hydrogen-bond donors (Lipinski definition) is 1. The third-order valence-electron chi connectivity index (χ3n) is 3.11. The Labute approximate surface area is 154 Å². The second kappa shape index (κ2) is 9.38. The minimum absolute atomic E-state index is 0.146. The van der Waals surface area contributed by atoms with Crippen LogP contribution in [0.1, 0.15) is 18.9 Å². The number of rotatable bonds is 8. The van der Waals surface area contributed by atoms with E-state index in [2.05, 4.69) is 20.3 Å². The van der Waals surface area contributed by atoms with Crippen LogP contribution in [0.15, 0.2) is 28.6 Å². The van der Waals surface area contributed by atoms with Crippen LogP contribution in [-0.2, 0) is 14.3 Å². The van der Waals surface area contributed by atoms with Gasteiger partial charge in [0.25, 0.3) is 5.91 Å². The first-order chi connectivity index (χ1) is 12.0. The van der Waals surface area contributed by atoms with E-state index < -0.39 is 6.10 Å². The van der Waals surface area contributed by atoms with Crippen molar-refractivity contribution >= 4 is 40.1 Å². The minimum atomic E-state index is -0.628. The number of nitrogens with one attached hydrogen (secondary N) is 1. The van der Waals surface area contributed by atoms with Gasteiger partial charge >= 0.3 is 5.97 Å². The maximum Gasteiger partial charge on any atom is 0.316 e. The maximum absolute atomic E-state index is 12.4. The molecule has 1 N–H and O–H groups in total. The van der Waals surface area contributed by atoms with E-state index in [9.17, 15) is 9.59 Å². The molecule has 0 fully saturated rings. The molecule has 9 heteroatoms. The Hall–Kier alpha value is -2.13. The standard InChI is InChI=1S/C16H19N3O4S2/c1-4-12(23-11-7-5-6-10(2)8-11)14(21)17-15-18-19-16(25-15)24-9-13(20)22-3/h5-8,12H,4,9H2,1-3H3,(H,17,18,21)/t12-/m0/s1. The average molecular weight is 381 g/mol. The molecule has 1 aromatic heterocycles. The summed E-state index contributed by atoms with van der Waals surface area (Å²) in [4.78, 5) is 23.5. The van der Waals surface area contributed by atoms with Crippen molar-refractivity contribution in [2.75, 3.05) is 18.2 Å². The molecule has 0 aliphatic carbocycles. The largest absolute Gasteiger partial charge is 0.481 e. The molecule has 134 valence electrons. The zero-order valence-corrected chi connectivity index (χ0v) is 15.8. The molecular formula is C16H19N3O4S2. The van der Waals surface area contributed by atoms with Crippen molar-refractivity contribution < 1.29 is 19.1 Å². The van der Waals surface area contributed by atoms with Crippen molar-refractivity contribution in [3.63, 3.8) is 0 Å². The highest BCUT2D eigenvalue weighted by Crippen LogP contribution is 2.26. The Balaban J connectivity index is 1.93. The lowest BCUT2D eigenvalue weighted by atomic mass is 10.2. The highest BCUT2D eigenvalue weighted by molar-refractivity contribution is 8.01. The number of carbonyl (C=O) groups excluding carboxylic acids is 2. The van der Waals surface area contributed by atoms with Gasteiger partial charge in [0.05, 0.1) is 12.9 Å². The van der Waals surface area contributed by atoms with Gasteiger partial charge in [0, 0.05) is 0 Å². The number of hydrogen-bond acceptors (Lipinski definition) is 8. The summed E-state index contributed by atoms with van der Waals surface area (Å²) in [5.74, 6) is 0.161. The van der Waals surface area contributed by atoms with Gasteiger partial charge in [-0.1, -0.05) is 42.2 Å². The van der Waals surface area contributed by atoms with Crippen molar-refractivity contribution in [1.82, 2.24) is 10.2 Å². The van der Waals surface area contributed by atoms with E-state index >= 15 is 0 Å². The third-order valence-corrected chi connectivity index (χ3v) is 5.05. The summed E-state index contributed by atoms with van der Waals surface area (Å²) in [5.41, 5.74) is 1.06. The zero-order valence-electron chi connectivity index (χ0n) is 14.1. The number of carbonyl (C=O) groups is 2. The fourth-order valence-corrected chi connectivity index (χ4v) is 3.45. The molecule has 0 spiro atoms. The van der Waals surface area contributed by atoms with Crippen molar-refractivity contribution in [1.29, 1.82) is 0 Å². The molecule has 0 aliphatic heterocycles. The van der Waals surface area contributed by atoms with Crippen LogP contribution in [0.5, 0.6) is 5.75 Å². The number of anilines is 1. The highest BCUT2D eigenvalue weighted by atomic mass is 32.2. The molecule has 0 bridgehead atoms. The van der Waals surface area contributed by atoms with E-state index in [1.165, 1.54) is 30.2 Å². The normalized spacial score (nSPS) is 11.6. The average Bonchev–Trinajstić information content (AvgIpc) is 3.04. The van der Waals surface area contributed by atoms with Gasteiger partial charge in [-0.15, -0.1) is 10.2 Å². The van der Waals surface area contributed by atoms with E-state index in [-0.39, 0.29) is 17.6 Å². The number of benzene rings is 1. The van der Waals surface area contributed by atoms with Gasteiger partial charge in [0.15, 0.2) is 10.4 Å². The van der Waals surface area contributed by atoms with Gasteiger partial charge in [-0.05, 0) is 31.0 Å². The monoisotopic (exact) mass is 381 g/mol. The first-order valence-electron chi connectivity index (χ1n) is 7.59. The summed E-state index contributed by atoms with van der Waals surface area (Å²) in [6.07, 6.45) is -0.112. The van der Waals surface area contributed by atoms with Crippen LogP contribution >= 0.6 is 23.1 Å². The van der Waals surface area contributed by atoms with Gasteiger partial charge in [0.1, 0.15) is 5.75 Å². The van der Waals surface area contributed by atoms with Crippen LogP contribution in [0.2, 0.25) is 0 Å². The Morgan fingerprint density at radius 3 is 2.84 bits per heavy atom. The van der Waals surface area contributed by atoms with Crippen molar-refractivity contribution in [3.8, 4) is 5.75 Å². The van der Waals surface area contributed by atoms with Crippen molar-refractivity contribution in [3.05, 3.63) is 29.8 Å². The van der Waals surface area contributed by atoms with Crippen LogP contribution in [0.4, 0.5) is 5.13 Å². The lowest BCUT2D eigenvalue weighted by Crippen LogP contribution is -2.32. The highest BCUT2D eigenvalue weighted by Gasteiger charge is 2.20. The predicted molar refractivity (Wildman–Crippen MR) is 97.2 cm³/mol. The molecule has 0 saturated heterocycles. The molecule has 0 saturated carbocycles. The van der Waals surface area contributed by atoms with Gasteiger partial charge in [-0.2, -0.15) is 0 Å². The zero-order chi connectivity index (χ0) is 18.2. The summed E-state index contributed by atoms with van der Waals surface area (Å²) in [5, 5.41) is 10.9. The maximum atomic E-state index is 12.4. The van der Waals surface area contributed by atoms with Crippen LogP contribution < -0.4 is 10.1 Å². The second-order valence-corrected chi connectivity index (χ2v) is 7.26. The molecule has 2 aromatic rings. The molecule has 1 aromatic carbocycles. The number of amides is 1. The fraction of sp³-hybridized carbons (Fsp3) is 0.375. The number of aromatic nitrogens is 2. The molecule has 1 amide bonds. The van der Waals surface area contributed by atoms with Crippen molar-refractivity contribution in [2.24, 2.45) is 0 Å². The first kappa shape index (κ1) is 19.2. The van der Waals surface area contributed by atoms with E-state index in [1.807, 2.05) is 38.1 Å². The molecule has 0 radical (unpaired) electrons. The van der Waals surface area contributed by atoms with E-state index in [0.717, 1.165) is 5.56 Å². The van der Waals surface area contributed by atoms with E-state index in [0.29, 0.717) is 21.6 Å². The first-order valence-corrected chi connectivity index (χ1v) is 9.39. The van der Waals surface area contributed by atoms with Crippen LogP contribution in [0.3, 0.4) is 0 Å². The Morgan fingerprint density at radius 1 is 1.36 bits per heavy atom. The number of nitrogens with zero attached hydrogens (tertiary/aromatic N) is 2. The summed E-state index contributed by atoms with van der Waals surface area (Å²) in [6.45, 7) is 3.83. The number of methoxy groups -OCH3 is 1. The SMILES string of the molecule is CC[C@H](Oc1cccc(C)c1)C(=O)Nc1nnc(SCC(=O)OC)s1. The van der Waals surface area contributed by atoms with Gasteiger partial charge in [-0.3, -0.25) is 14.9 Å². The molecule has 0 aliphatic rings. The summed E-state index contributed by atoms with van der Waals surface area (Å²) in [7, 11) is 1.33. The molecule has 0 unspecified atom stereocenters. The third kappa shape index (κ3) is 6.02. The second-order valence-electron chi connectivity index (χ2n) is 5.06. The molecule has 1 heterocycles. The van der Waals surface area contributed by atoms with Gasteiger partial charge in [-0.25, -0.2) is 0 Å². The van der Waals surface area contributed by atoms with Gasteiger partial charge < -0.3 is 9.47 Å². The fourth-order valence-electron chi connectivity index (χ4n) is 1.86. The van der Waals surface area contributed by atoms with E-state index in [1.54, 1.807) is 0 Å². The summed E-state index contributed by atoms with van der Waals surface area (Å²) in [6, 6.07) is 7.53. The molecule has 1 atom stereocenters. The lowest BCUT2D eigenvalue weighted by molar-refractivity contribution is -0.137. The Morgan fingerprint density at radius 2 is 2.16 bits per heavy atom. The number of thioether (sulfide) groups is 1. The summed E-state index contributed by atoms with van der Waals surface area (Å²) >= 11 is 2.40. The smallest absolute Gasteiger partial charge is 0.316 e. The molecule has 2 rings (SSSR count). The van der Waals surface area contributed by atoms with Crippen LogP contribution in [-0.4, -0.2) is 41.0 Å². The van der Waals surface area contributed by atoms with Crippen LogP contribution in [0, 0.1) is 6.92 Å². The Kier molecular flexibility index (Phi) is 7.20. The molecular weight excluding hydrogens is 362 g/mol.